The Morgan fingerprint density at radius 2 is 0.753 bits per heavy atom. The van der Waals surface area contributed by atoms with Crippen molar-refractivity contribution in [1.82, 2.24) is 36.4 Å². The third kappa shape index (κ3) is 16.0. The van der Waals surface area contributed by atoms with Gasteiger partial charge in [0.2, 0.25) is 23.6 Å². The van der Waals surface area contributed by atoms with E-state index in [1.165, 1.54) is 0 Å². The van der Waals surface area contributed by atoms with Gasteiger partial charge in [0.1, 0.15) is 13.2 Å². The maximum absolute atomic E-state index is 14.3. The number of carbonyl (C=O) groups is 8. The van der Waals surface area contributed by atoms with Crippen LogP contribution in [0, 0.1) is 23.7 Å². The minimum absolute atomic E-state index is 0.0488. The van der Waals surface area contributed by atoms with E-state index in [0.717, 1.165) is 122 Å². The summed E-state index contributed by atoms with van der Waals surface area (Å²) in [5, 5.41) is 15.2. The lowest BCUT2D eigenvalue weighted by molar-refractivity contribution is -0.142. The maximum Gasteiger partial charge on any atom is 0.407 e. The van der Waals surface area contributed by atoms with E-state index < -0.39 is 35.7 Å². The first-order valence-corrected chi connectivity index (χ1v) is 33.7. The second kappa shape index (κ2) is 30.1. The first-order valence-electron chi connectivity index (χ1n) is 33.7. The molecular formula is C76H85N7O10. The van der Waals surface area contributed by atoms with Gasteiger partial charge in [-0.3, -0.25) is 33.6 Å². The van der Waals surface area contributed by atoms with Crippen molar-refractivity contribution < 1.29 is 47.8 Å². The lowest BCUT2D eigenvalue weighted by Gasteiger charge is -2.18. The van der Waals surface area contributed by atoms with E-state index in [-0.39, 0.29) is 117 Å². The molecule has 10 atom stereocenters. The van der Waals surface area contributed by atoms with Gasteiger partial charge in [-0.25, -0.2) is 4.79 Å². The Labute approximate surface area is 544 Å². The van der Waals surface area contributed by atoms with Crippen molar-refractivity contribution in [2.24, 2.45) is 23.7 Å². The minimum atomic E-state index is -0.758. The second-order valence-electron chi connectivity index (χ2n) is 26.3. The molecule has 5 fully saturated rings. The van der Waals surface area contributed by atoms with E-state index in [0.29, 0.717) is 24.3 Å². The Balaban J connectivity index is 0.562. The molecule has 4 aliphatic carbocycles. The van der Waals surface area contributed by atoms with E-state index in [4.69, 9.17) is 9.47 Å². The fraction of sp³-hybridized carbons (Fsp3) is 0.421. The molecule has 0 radical (unpaired) electrons. The highest BCUT2D eigenvalue weighted by Gasteiger charge is 2.50. The van der Waals surface area contributed by atoms with E-state index in [1.54, 1.807) is 34.1 Å². The van der Waals surface area contributed by atoms with Gasteiger partial charge in [0.25, 0.3) is 11.8 Å². The molecule has 6 aromatic rings. The summed E-state index contributed by atoms with van der Waals surface area (Å²) < 4.78 is 10.9. The second-order valence-corrected chi connectivity index (χ2v) is 26.3. The zero-order chi connectivity index (χ0) is 64.2. The summed E-state index contributed by atoms with van der Waals surface area (Å²) in [6, 6.07) is 52.6. The van der Waals surface area contributed by atoms with Crippen molar-refractivity contribution in [2.45, 2.75) is 125 Å². The molecule has 2 heterocycles. The number of nitrogens with zero attached hydrogens (tertiary/aromatic N) is 2. The van der Waals surface area contributed by atoms with Gasteiger partial charge in [-0.05, 0) is 95.3 Å². The van der Waals surface area contributed by atoms with Crippen LogP contribution in [0.5, 0.6) is 0 Å². The molecule has 2 saturated heterocycles. The zero-order valence-corrected chi connectivity index (χ0v) is 52.8. The number of hydrogen-bond acceptors (Lipinski definition) is 10. The number of nitrogens with one attached hydrogen (secondary N) is 5. The van der Waals surface area contributed by atoms with Crippen LogP contribution in [0.3, 0.4) is 0 Å². The molecule has 0 aromatic heterocycles. The molecule has 2 aliphatic heterocycles. The first-order chi connectivity index (χ1) is 45.4. The molecule has 5 N–H and O–H groups in total. The Kier molecular flexibility index (Phi) is 20.7. The van der Waals surface area contributed by atoms with Crippen molar-refractivity contribution in [3.63, 3.8) is 0 Å². The summed E-state index contributed by atoms with van der Waals surface area (Å²) in [5.74, 6) is -4.69. The molecule has 17 nitrogen and oxygen atoms in total. The lowest BCUT2D eigenvalue weighted by Crippen LogP contribution is -2.43. The number of amides is 7. The van der Waals surface area contributed by atoms with Crippen molar-refractivity contribution in [1.29, 1.82) is 0 Å². The number of rotatable bonds is 29. The van der Waals surface area contributed by atoms with Crippen LogP contribution in [0.1, 0.15) is 156 Å². The molecule has 4 unspecified atom stereocenters. The van der Waals surface area contributed by atoms with Crippen LogP contribution in [0.15, 0.2) is 164 Å². The topological polar surface area (TPSA) is 222 Å². The number of ether oxygens (including phenoxy) is 2. The van der Waals surface area contributed by atoms with Crippen LogP contribution in [0.25, 0.3) is 11.1 Å². The predicted molar refractivity (Wildman–Crippen MR) is 353 cm³/mol. The number of alkyl carbamates (subject to hydrolysis) is 1. The van der Waals surface area contributed by atoms with E-state index in [2.05, 4.69) is 87.2 Å². The minimum Gasteiger partial charge on any atom is -0.464 e. The van der Waals surface area contributed by atoms with E-state index >= 15 is 0 Å². The third-order valence-electron chi connectivity index (χ3n) is 19.8. The Morgan fingerprint density at radius 3 is 1.17 bits per heavy atom. The fourth-order valence-electron chi connectivity index (χ4n) is 14.3. The smallest absolute Gasteiger partial charge is 0.407 e. The van der Waals surface area contributed by atoms with Crippen molar-refractivity contribution in [3.05, 3.63) is 203 Å². The van der Waals surface area contributed by atoms with Gasteiger partial charge >= 0.3 is 12.1 Å². The number of fused-ring (bicyclic) bond motifs is 3. The summed E-state index contributed by atoms with van der Waals surface area (Å²) in [6.45, 7) is 0.933. The van der Waals surface area contributed by atoms with Crippen LogP contribution in [0.4, 0.5) is 4.79 Å². The van der Waals surface area contributed by atoms with Crippen molar-refractivity contribution >= 4 is 47.5 Å². The average Bonchev–Trinajstić information content (AvgIpc) is 1.74. The first kappa shape index (κ1) is 64.0. The SMILES string of the molecule is O=C(CNC(=O)OCC1c2ccccc2-c2ccccc21)OCCCCCCCCCCCCNC(=O)C1CN(C(=O)c2ccc(C(=O)N3CC(C(=O)N[C@@H]4C[C@@H]4c4ccccc4)C(C(=O)N[C@@H]4C[C@@H]4c4ccccc4)C3)cc2)CC1C(=O)N[C@@H]1C[C@@H]1c1ccccc1. The quantitative estimate of drug-likeness (QED) is 0.0221. The normalized spacial score (nSPS) is 23.0. The largest absolute Gasteiger partial charge is 0.464 e. The standard InChI is InChI=1S/C76H85N7O10/c84-69(43-78-76(91)93-48-65-56-32-20-18-30-54(56)55-31-19-21-33-57(55)65)92-39-23-8-6-4-2-1-3-5-7-22-38-77-70(85)61-44-82(45-62(61)71(86)79-66-40-58(66)49-24-12-9-13-25-49)74(89)52-34-36-53(37-35-52)75(90)83-46-63(72(87)80-67-41-59(67)50-26-14-10-15-27-50)64(47-83)73(88)81-68-42-60(68)51-28-16-11-17-29-51/h9-21,24-37,58-68H,1-8,22-23,38-48H2,(H,77,85)(H,78,91)(H,79,86)(H,80,87)(H,81,88)/t58-,59-,60-,61?,62?,63?,64?,66-,67-,68-/m1/s1. The molecule has 17 heteroatoms. The van der Waals surface area contributed by atoms with Crippen LogP contribution in [-0.4, -0.2) is 128 Å². The number of esters is 1. The van der Waals surface area contributed by atoms with Gasteiger partial charge in [0.15, 0.2) is 0 Å². The molecular weight excluding hydrogens is 1170 g/mol. The number of likely N-dealkylation sites (tertiary alicyclic amines) is 2. The van der Waals surface area contributed by atoms with Crippen LogP contribution in [0.2, 0.25) is 0 Å². The van der Waals surface area contributed by atoms with Crippen LogP contribution in [-0.2, 0) is 33.4 Å². The van der Waals surface area contributed by atoms with Gasteiger partial charge in [0, 0.05) is 85.6 Å². The van der Waals surface area contributed by atoms with E-state index in [9.17, 15) is 38.4 Å². The van der Waals surface area contributed by atoms with Crippen LogP contribution >= 0.6 is 0 Å². The summed E-state index contributed by atoms with van der Waals surface area (Å²) in [4.78, 5) is 113. The molecule has 7 amide bonds. The maximum atomic E-state index is 14.3. The molecule has 93 heavy (non-hydrogen) atoms. The highest BCUT2D eigenvalue weighted by Crippen LogP contribution is 2.46. The number of hydrogen-bond donors (Lipinski definition) is 5. The monoisotopic (exact) mass is 1260 g/mol. The summed E-state index contributed by atoms with van der Waals surface area (Å²) in [7, 11) is 0. The summed E-state index contributed by atoms with van der Waals surface area (Å²) in [6.07, 6.45) is 11.6. The highest BCUT2D eigenvalue weighted by molar-refractivity contribution is 6.00. The summed E-state index contributed by atoms with van der Waals surface area (Å²) in [5.41, 5.74) is 8.60. The highest BCUT2D eigenvalue weighted by atomic mass is 16.6. The molecule has 12 rings (SSSR count). The molecule has 3 saturated carbocycles. The van der Waals surface area contributed by atoms with Gasteiger partial charge in [-0.2, -0.15) is 0 Å². The Morgan fingerprint density at radius 1 is 0.387 bits per heavy atom. The fourth-order valence-corrected chi connectivity index (χ4v) is 14.3. The van der Waals surface area contributed by atoms with Gasteiger partial charge in [0.05, 0.1) is 30.3 Å². The number of benzene rings is 6. The van der Waals surface area contributed by atoms with Crippen molar-refractivity contribution in [2.75, 3.05) is 52.5 Å². The molecule has 6 aromatic carbocycles. The molecule has 0 spiro atoms. The van der Waals surface area contributed by atoms with Gasteiger partial charge in [-0.15, -0.1) is 0 Å². The summed E-state index contributed by atoms with van der Waals surface area (Å²) >= 11 is 0. The number of carbonyl (C=O) groups excluding carboxylic acids is 8. The van der Waals surface area contributed by atoms with Crippen molar-refractivity contribution in [3.8, 4) is 11.1 Å². The number of unbranched alkanes of at least 4 members (excludes halogenated alkanes) is 9. The Bertz CT molecular complexity index is 3510. The Hall–Kier alpha value is -9.12. The predicted octanol–water partition coefficient (Wildman–Crippen LogP) is 10.2. The molecule has 6 aliphatic rings. The van der Waals surface area contributed by atoms with Gasteiger partial charge < -0.3 is 45.9 Å². The lowest BCUT2D eigenvalue weighted by atomic mass is 9.94. The van der Waals surface area contributed by atoms with Gasteiger partial charge in [-0.1, -0.05) is 191 Å². The molecule has 484 valence electrons. The van der Waals surface area contributed by atoms with E-state index in [1.807, 2.05) is 78.9 Å². The average molecular weight is 1260 g/mol. The zero-order valence-electron chi connectivity index (χ0n) is 52.8. The van der Waals surface area contributed by atoms with Crippen LogP contribution < -0.4 is 26.6 Å². The molecule has 0 bridgehead atoms. The third-order valence-corrected chi connectivity index (χ3v) is 19.8.